The first kappa shape index (κ1) is 20.7. The molecule has 1 saturated heterocycles. The van der Waals surface area contributed by atoms with Gasteiger partial charge in [-0.2, -0.15) is 0 Å². The molecule has 5 nitrogen and oxygen atoms in total. The van der Waals surface area contributed by atoms with Crippen LogP contribution in [0.25, 0.3) is 5.69 Å². The monoisotopic (exact) mass is 420 g/mol. The maximum atomic E-state index is 12.8. The van der Waals surface area contributed by atoms with Crippen molar-refractivity contribution in [3.05, 3.63) is 71.5 Å². The molecule has 0 bridgehead atoms. The Morgan fingerprint density at radius 1 is 0.933 bits per heavy atom. The summed E-state index contributed by atoms with van der Waals surface area (Å²) in [5.41, 5.74) is 3.43. The van der Waals surface area contributed by atoms with E-state index in [1.807, 2.05) is 23.1 Å². The van der Waals surface area contributed by atoms with Crippen LogP contribution in [-0.2, 0) is 11.2 Å². The van der Waals surface area contributed by atoms with Crippen molar-refractivity contribution in [1.82, 2.24) is 19.7 Å². The Hall–Kier alpha value is -2.60. The van der Waals surface area contributed by atoms with Gasteiger partial charge in [0.1, 0.15) is 5.82 Å². The number of aryl methyl sites for hydroxylation is 1. The smallest absolute Gasteiger partial charge is 0.233 e. The van der Waals surface area contributed by atoms with Crippen LogP contribution in [0, 0.1) is 6.92 Å². The first-order valence-corrected chi connectivity index (χ1v) is 11.6. The van der Waals surface area contributed by atoms with Crippen molar-refractivity contribution in [2.45, 2.75) is 44.2 Å². The molecule has 30 heavy (non-hydrogen) atoms. The second-order valence-corrected chi connectivity index (χ2v) is 8.76. The van der Waals surface area contributed by atoms with Crippen LogP contribution in [0.2, 0.25) is 0 Å². The number of amides is 1. The van der Waals surface area contributed by atoms with Gasteiger partial charge in [-0.25, -0.2) is 0 Å². The summed E-state index contributed by atoms with van der Waals surface area (Å²) in [4.78, 5) is 14.8. The molecule has 1 fully saturated rings. The molecule has 1 aliphatic heterocycles. The minimum absolute atomic E-state index is 0.199. The summed E-state index contributed by atoms with van der Waals surface area (Å²) >= 11 is 1.48. The molecule has 1 amide bonds. The summed E-state index contributed by atoms with van der Waals surface area (Å²) in [6, 6.07) is 18.7. The summed E-state index contributed by atoms with van der Waals surface area (Å²) in [6.07, 6.45) is 5.36. The fourth-order valence-corrected chi connectivity index (χ4v) is 4.65. The molecule has 0 spiro atoms. The lowest BCUT2D eigenvalue weighted by Gasteiger charge is -2.20. The van der Waals surface area contributed by atoms with Gasteiger partial charge in [0, 0.05) is 25.2 Å². The highest BCUT2D eigenvalue weighted by atomic mass is 32.2. The molecule has 1 aliphatic rings. The lowest BCUT2D eigenvalue weighted by Crippen LogP contribution is -2.33. The average Bonchev–Trinajstić information content (AvgIpc) is 2.97. The van der Waals surface area contributed by atoms with Crippen LogP contribution in [0.1, 0.15) is 42.6 Å². The number of benzene rings is 2. The van der Waals surface area contributed by atoms with E-state index in [1.165, 1.54) is 35.7 Å². The van der Waals surface area contributed by atoms with E-state index in [4.69, 9.17) is 0 Å². The summed E-state index contributed by atoms with van der Waals surface area (Å²) in [5.74, 6) is 1.48. The second-order valence-electron chi connectivity index (χ2n) is 7.82. The van der Waals surface area contributed by atoms with E-state index in [0.717, 1.165) is 42.6 Å². The molecule has 2 aromatic carbocycles. The van der Waals surface area contributed by atoms with Crippen LogP contribution in [0.3, 0.4) is 0 Å². The van der Waals surface area contributed by atoms with E-state index in [-0.39, 0.29) is 5.91 Å². The minimum atomic E-state index is 0.199. The van der Waals surface area contributed by atoms with Gasteiger partial charge in [-0.15, -0.1) is 10.2 Å². The van der Waals surface area contributed by atoms with Gasteiger partial charge in [0.2, 0.25) is 5.91 Å². The zero-order valence-corrected chi connectivity index (χ0v) is 18.3. The van der Waals surface area contributed by atoms with Crippen molar-refractivity contribution in [3.8, 4) is 5.69 Å². The SMILES string of the molecule is Cc1ccc(-n2c(Cc3ccccc3)nnc2SCC(=O)N2CCCCCC2)cc1. The normalized spacial score (nSPS) is 14.5. The number of carbonyl (C=O) groups excluding carboxylic acids is 1. The van der Waals surface area contributed by atoms with Crippen molar-refractivity contribution < 1.29 is 4.79 Å². The third kappa shape index (κ3) is 5.11. The number of likely N-dealkylation sites (tertiary alicyclic amines) is 1. The first-order chi connectivity index (χ1) is 14.7. The first-order valence-electron chi connectivity index (χ1n) is 10.7. The fraction of sp³-hybridized carbons (Fsp3) is 0.375. The Bertz CT molecular complexity index is 961. The Morgan fingerprint density at radius 2 is 1.63 bits per heavy atom. The molecule has 0 atom stereocenters. The molecule has 6 heteroatoms. The van der Waals surface area contributed by atoms with Crippen LogP contribution in [0.5, 0.6) is 0 Å². The van der Waals surface area contributed by atoms with Gasteiger partial charge in [-0.3, -0.25) is 9.36 Å². The number of rotatable bonds is 6. The molecule has 0 aliphatic carbocycles. The summed E-state index contributed by atoms with van der Waals surface area (Å²) in [6.45, 7) is 3.84. The van der Waals surface area contributed by atoms with E-state index in [0.29, 0.717) is 12.2 Å². The van der Waals surface area contributed by atoms with E-state index >= 15 is 0 Å². The zero-order chi connectivity index (χ0) is 20.8. The predicted octanol–water partition coefficient (Wildman–Crippen LogP) is 4.66. The molecule has 3 aromatic rings. The van der Waals surface area contributed by atoms with Crippen LogP contribution in [0.4, 0.5) is 0 Å². The van der Waals surface area contributed by atoms with Crippen molar-refractivity contribution in [3.63, 3.8) is 0 Å². The fourth-order valence-electron chi connectivity index (χ4n) is 3.78. The molecular weight excluding hydrogens is 392 g/mol. The van der Waals surface area contributed by atoms with Gasteiger partial charge in [0.15, 0.2) is 5.16 Å². The Labute approximate surface area is 182 Å². The Morgan fingerprint density at radius 3 is 2.33 bits per heavy atom. The van der Waals surface area contributed by atoms with Crippen molar-refractivity contribution >= 4 is 17.7 Å². The van der Waals surface area contributed by atoms with Gasteiger partial charge in [0.05, 0.1) is 5.75 Å². The zero-order valence-electron chi connectivity index (χ0n) is 17.5. The Balaban J connectivity index is 1.56. The van der Waals surface area contributed by atoms with Gasteiger partial charge >= 0.3 is 0 Å². The molecule has 0 unspecified atom stereocenters. The quantitative estimate of drug-likeness (QED) is 0.544. The van der Waals surface area contributed by atoms with E-state index < -0.39 is 0 Å². The van der Waals surface area contributed by atoms with Crippen LogP contribution in [0.15, 0.2) is 59.8 Å². The van der Waals surface area contributed by atoms with Gasteiger partial charge in [0.25, 0.3) is 0 Å². The van der Waals surface area contributed by atoms with Crippen LogP contribution in [-0.4, -0.2) is 44.4 Å². The van der Waals surface area contributed by atoms with Gasteiger partial charge in [-0.1, -0.05) is 72.6 Å². The highest BCUT2D eigenvalue weighted by Crippen LogP contribution is 2.24. The predicted molar refractivity (Wildman–Crippen MR) is 121 cm³/mol. The maximum absolute atomic E-state index is 12.8. The van der Waals surface area contributed by atoms with Crippen molar-refractivity contribution in [2.75, 3.05) is 18.8 Å². The second kappa shape index (κ2) is 9.94. The molecule has 0 saturated carbocycles. The average molecular weight is 421 g/mol. The van der Waals surface area contributed by atoms with Crippen molar-refractivity contribution in [1.29, 1.82) is 0 Å². The van der Waals surface area contributed by atoms with E-state index in [2.05, 4.69) is 58.1 Å². The van der Waals surface area contributed by atoms with Crippen LogP contribution >= 0.6 is 11.8 Å². The van der Waals surface area contributed by atoms with E-state index in [9.17, 15) is 4.79 Å². The molecule has 0 radical (unpaired) electrons. The summed E-state index contributed by atoms with van der Waals surface area (Å²) < 4.78 is 2.09. The third-order valence-electron chi connectivity index (χ3n) is 5.48. The molecule has 4 rings (SSSR count). The number of hydrogen-bond donors (Lipinski definition) is 0. The highest BCUT2D eigenvalue weighted by molar-refractivity contribution is 7.99. The topological polar surface area (TPSA) is 51.0 Å². The number of aromatic nitrogens is 3. The van der Waals surface area contributed by atoms with Gasteiger partial charge in [-0.05, 0) is 37.5 Å². The van der Waals surface area contributed by atoms with E-state index in [1.54, 1.807) is 0 Å². The van der Waals surface area contributed by atoms with Crippen LogP contribution < -0.4 is 0 Å². The lowest BCUT2D eigenvalue weighted by atomic mass is 10.1. The summed E-state index contributed by atoms with van der Waals surface area (Å²) in [5, 5.41) is 9.71. The Kier molecular flexibility index (Phi) is 6.84. The maximum Gasteiger partial charge on any atom is 0.233 e. The number of thioether (sulfide) groups is 1. The largest absolute Gasteiger partial charge is 0.342 e. The van der Waals surface area contributed by atoms with Gasteiger partial charge < -0.3 is 4.90 Å². The number of carbonyl (C=O) groups is 1. The standard InChI is InChI=1S/C24H28N4OS/c1-19-11-13-21(14-12-19)28-22(17-20-9-5-4-6-10-20)25-26-24(28)30-18-23(29)27-15-7-2-3-8-16-27/h4-6,9-14H,2-3,7-8,15-18H2,1H3. The molecule has 0 N–H and O–H groups in total. The summed E-state index contributed by atoms with van der Waals surface area (Å²) in [7, 11) is 0. The number of nitrogens with zero attached hydrogens (tertiary/aromatic N) is 4. The molecule has 156 valence electrons. The highest BCUT2D eigenvalue weighted by Gasteiger charge is 2.19. The number of hydrogen-bond acceptors (Lipinski definition) is 4. The minimum Gasteiger partial charge on any atom is -0.342 e. The molecule has 2 heterocycles. The lowest BCUT2D eigenvalue weighted by molar-refractivity contribution is -0.128. The third-order valence-corrected chi connectivity index (χ3v) is 6.39. The van der Waals surface area contributed by atoms with Crippen molar-refractivity contribution in [2.24, 2.45) is 0 Å². The molecule has 1 aromatic heterocycles. The molecular formula is C24H28N4OS.